The van der Waals surface area contributed by atoms with Crippen LogP contribution in [0.15, 0.2) is 24.3 Å². The summed E-state index contributed by atoms with van der Waals surface area (Å²) in [6, 6.07) is 7.19. The molecule has 1 rings (SSSR count). The quantitative estimate of drug-likeness (QED) is 0.692. The molecular weight excluding hydrogens is 220 g/mol. The van der Waals surface area contributed by atoms with Gasteiger partial charge in [-0.05, 0) is 24.3 Å². The standard InChI is InChI=1S/C12H18N2O3/c1-16-8-7-13-9-12(15)14-10-3-5-11(17-2)6-4-10/h3-6,13H,7-9H2,1-2H3,(H,14,15). The van der Waals surface area contributed by atoms with Crippen molar-refractivity contribution in [3.8, 4) is 5.75 Å². The maximum absolute atomic E-state index is 11.5. The largest absolute Gasteiger partial charge is 0.497 e. The van der Waals surface area contributed by atoms with Crippen LogP contribution in [-0.4, -0.2) is 39.8 Å². The maximum atomic E-state index is 11.5. The van der Waals surface area contributed by atoms with E-state index < -0.39 is 0 Å². The number of ether oxygens (including phenoxy) is 2. The molecule has 1 aromatic rings. The fraction of sp³-hybridized carbons (Fsp3) is 0.417. The maximum Gasteiger partial charge on any atom is 0.238 e. The van der Waals surface area contributed by atoms with Gasteiger partial charge in [-0.1, -0.05) is 0 Å². The van der Waals surface area contributed by atoms with Crippen molar-refractivity contribution < 1.29 is 14.3 Å². The normalized spacial score (nSPS) is 10.0. The van der Waals surface area contributed by atoms with Crippen LogP contribution in [0.4, 0.5) is 5.69 Å². The van der Waals surface area contributed by atoms with Gasteiger partial charge in [0, 0.05) is 19.3 Å². The van der Waals surface area contributed by atoms with Crippen molar-refractivity contribution in [2.75, 3.05) is 39.2 Å². The number of benzene rings is 1. The van der Waals surface area contributed by atoms with Gasteiger partial charge < -0.3 is 20.1 Å². The van der Waals surface area contributed by atoms with E-state index >= 15 is 0 Å². The summed E-state index contributed by atoms with van der Waals surface area (Å²) in [5, 5.41) is 5.74. The summed E-state index contributed by atoms with van der Waals surface area (Å²) in [5.41, 5.74) is 0.754. The third-order valence-electron chi connectivity index (χ3n) is 2.14. The molecule has 0 fully saturated rings. The zero-order valence-corrected chi connectivity index (χ0v) is 10.2. The molecule has 94 valence electrons. The van der Waals surface area contributed by atoms with E-state index in [0.717, 1.165) is 11.4 Å². The Kier molecular flexibility index (Phi) is 6.06. The predicted octanol–water partition coefficient (Wildman–Crippen LogP) is 0.870. The van der Waals surface area contributed by atoms with Crippen LogP contribution >= 0.6 is 0 Å². The Labute approximate surface area is 101 Å². The van der Waals surface area contributed by atoms with Crippen molar-refractivity contribution in [3.63, 3.8) is 0 Å². The van der Waals surface area contributed by atoms with E-state index in [9.17, 15) is 4.79 Å². The van der Waals surface area contributed by atoms with Gasteiger partial charge in [-0.15, -0.1) is 0 Å². The number of nitrogens with one attached hydrogen (secondary N) is 2. The minimum atomic E-state index is -0.0775. The van der Waals surface area contributed by atoms with Crippen LogP contribution < -0.4 is 15.4 Å². The zero-order chi connectivity index (χ0) is 12.5. The number of hydrogen-bond donors (Lipinski definition) is 2. The van der Waals surface area contributed by atoms with E-state index in [0.29, 0.717) is 13.2 Å². The van der Waals surface area contributed by atoms with Gasteiger partial charge in [-0.3, -0.25) is 4.79 Å². The molecule has 0 spiro atoms. The number of hydrogen-bond acceptors (Lipinski definition) is 4. The number of carbonyl (C=O) groups is 1. The van der Waals surface area contributed by atoms with E-state index in [1.165, 1.54) is 0 Å². The molecule has 0 saturated heterocycles. The molecule has 2 N–H and O–H groups in total. The first kappa shape index (κ1) is 13.5. The molecular formula is C12H18N2O3. The van der Waals surface area contributed by atoms with Gasteiger partial charge in [0.2, 0.25) is 5.91 Å². The van der Waals surface area contributed by atoms with Crippen LogP contribution in [0.5, 0.6) is 5.75 Å². The summed E-state index contributed by atoms with van der Waals surface area (Å²) in [6.07, 6.45) is 0. The molecule has 5 heteroatoms. The van der Waals surface area contributed by atoms with Gasteiger partial charge in [0.25, 0.3) is 0 Å². The molecule has 5 nitrogen and oxygen atoms in total. The lowest BCUT2D eigenvalue weighted by Crippen LogP contribution is -2.30. The van der Waals surface area contributed by atoms with E-state index in [2.05, 4.69) is 10.6 Å². The summed E-state index contributed by atoms with van der Waals surface area (Å²) >= 11 is 0. The SMILES string of the molecule is COCCNCC(=O)Nc1ccc(OC)cc1. The Morgan fingerprint density at radius 1 is 1.24 bits per heavy atom. The van der Waals surface area contributed by atoms with Crippen LogP contribution in [0.1, 0.15) is 0 Å². The lowest BCUT2D eigenvalue weighted by molar-refractivity contribution is -0.115. The number of carbonyl (C=O) groups excluding carboxylic acids is 1. The highest BCUT2D eigenvalue weighted by Gasteiger charge is 2.01. The van der Waals surface area contributed by atoms with Gasteiger partial charge in [0.05, 0.1) is 20.3 Å². The second-order valence-corrected chi connectivity index (χ2v) is 3.45. The van der Waals surface area contributed by atoms with Crippen molar-refractivity contribution in [3.05, 3.63) is 24.3 Å². The van der Waals surface area contributed by atoms with E-state index in [1.54, 1.807) is 38.5 Å². The van der Waals surface area contributed by atoms with Crippen LogP contribution in [0, 0.1) is 0 Å². The molecule has 0 aliphatic carbocycles. The van der Waals surface area contributed by atoms with Crippen molar-refractivity contribution in [2.45, 2.75) is 0 Å². The lowest BCUT2D eigenvalue weighted by Gasteiger charge is -2.07. The smallest absolute Gasteiger partial charge is 0.238 e. The van der Waals surface area contributed by atoms with Crippen molar-refractivity contribution in [2.24, 2.45) is 0 Å². The molecule has 0 unspecified atom stereocenters. The van der Waals surface area contributed by atoms with Crippen molar-refractivity contribution in [1.29, 1.82) is 0 Å². The van der Waals surface area contributed by atoms with Crippen LogP contribution in [0.25, 0.3) is 0 Å². The number of methoxy groups -OCH3 is 2. The van der Waals surface area contributed by atoms with Crippen molar-refractivity contribution >= 4 is 11.6 Å². The van der Waals surface area contributed by atoms with Crippen molar-refractivity contribution in [1.82, 2.24) is 5.32 Å². The minimum absolute atomic E-state index is 0.0775. The molecule has 0 heterocycles. The molecule has 1 amide bonds. The lowest BCUT2D eigenvalue weighted by atomic mass is 10.3. The van der Waals surface area contributed by atoms with Gasteiger partial charge >= 0.3 is 0 Å². The third-order valence-corrected chi connectivity index (χ3v) is 2.14. The Hall–Kier alpha value is -1.59. The summed E-state index contributed by atoms with van der Waals surface area (Å²) in [4.78, 5) is 11.5. The summed E-state index contributed by atoms with van der Waals surface area (Å²) < 4.78 is 9.89. The topological polar surface area (TPSA) is 59.6 Å². The second-order valence-electron chi connectivity index (χ2n) is 3.45. The number of rotatable bonds is 7. The Morgan fingerprint density at radius 2 is 1.94 bits per heavy atom. The Morgan fingerprint density at radius 3 is 2.53 bits per heavy atom. The van der Waals surface area contributed by atoms with Crippen LogP contribution in [-0.2, 0) is 9.53 Å². The number of anilines is 1. The first-order valence-electron chi connectivity index (χ1n) is 5.40. The highest BCUT2D eigenvalue weighted by molar-refractivity contribution is 5.92. The average molecular weight is 238 g/mol. The van der Waals surface area contributed by atoms with Gasteiger partial charge in [-0.2, -0.15) is 0 Å². The van der Waals surface area contributed by atoms with E-state index in [4.69, 9.17) is 9.47 Å². The average Bonchev–Trinajstić information content (AvgIpc) is 2.36. The van der Waals surface area contributed by atoms with Gasteiger partial charge in [-0.25, -0.2) is 0 Å². The predicted molar refractivity (Wildman–Crippen MR) is 66.4 cm³/mol. The highest BCUT2D eigenvalue weighted by atomic mass is 16.5. The fourth-order valence-electron chi connectivity index (χ4n) is 1.26. The molecule has 0 saturated carbocycles. The monoisotopic (exact) mass is 238 g/mol. The molecule has 17 heavy (non-hydrogen) atoms. The summed E-state index contributed by atoms with van der Waals surface area (Å²) in [7, 11) is 3.23. The molecule has 0 bridgehead atoms. The van der Waals surface area contributed by atoms with E-state index in [1.807, 2.05) is 0 Å². The Bertz CT molecular complexity index is 338. The molecule has 0 aromatic heterocycles. The van der Waals surface area contributed by atoms with E-state index in [-0.39, 0.29) is 12.5 Å². The zero-order valence-electron chi connectivity index (χ0n) is 10.2. The molecule has 0 atom stereocenters. The minimum Gasteiger partial charge on any atom is -0.497 e. The fourth-order valence-corrected chi connectivity index (χ4v) is 1.26. The van der Waals surface area contributed by atoms with Crippen LogP contribution in [0.2, 0.25) is 0 Å². The molecule has 0 aliphatic heterocycles. The Balaban J connectivity index is 2.29. The number of amides is 1. The van der Waals surface area contributed by atoms with Gasteiger partial charge in [0.15, 0.2) is 0 Å². The molecule has 0 aliphatic rings. The summed E-state index contributed by atoms with van der Waals surface area (Å²) in [5.74, 6) is 0.687. The van der Waals surface area contributed by atoms with Crippen LogP contribution in [0.3, 0.4) is 0 Å². The van der Waals surface area contributed by atoms with Gasteiger partial charge in [0.1, 0.15) is 5.75 Å². The first-order valence-corrected chi connectivity index (χ1v) is 5.40. The first-order chi connectivity index (χ1) is 8.26. The third kappa shape index (κ3) is 5.33. The summed E-state index contributed by atoms with van der Waals surface area (Å²) in [6.45, 7) is 1.53. The molecule has 0 radical (unpaired) electrons. The molecule has 1 aromatic carbocycles. The second kappa shape index (κ2) is 7.65. The highest BCUT2D eigenvalue weighted by Crippen LogP contribution is 2.14.